The molecule has 6 rings (SSSR count). The zero-order valence-electron chi connectivity index (χ0n) is 21.8. The van der Waals surface area contributed by atoms with Crippen molar-refractivity contribution in [1.82, 2.24) is 4.90 Å². The van der Waals surface area contributed by atoms with E-state index in [9.17, 15) is 4.79 Å². The molecule has 0 saturated carbocycles. The minimum atomic E-state index is -0.597. The van der Waals surface area contributed by atoms with Crippen LogP contribution in [0.2, 0.25) is 0 Å². The van der Waals surface area contributed by atoms with Gasteiger partial charge in [-0.2, -0.15) is 0 Å². The third kappa shape index (κ3) is 4.36. The topological polar surface area (TPSA) is 23.6 Å². The Bertz CT molecular complexity index is 1350. The molecule has 0 amide bonds. The smallest absolute Gasteiger partial charge is 0.174 e. The number of hydrogen-bond donors (Lipinski definition) is 0. The standard InChI is InChI=1S/C34H36N2O/c1-2-19-35-20-10-21-36(23-22-35)31-18-17-30-32-28(31)15-9-16-29(32)33(37)34(30,24-26-11-5-3-6-12-26)25-27-13-7-4-8-14-27/h3-9,11-18H,2,10,19-25H2,1H3. The summed E-state index contributed by atoms with van der Waals surface area (Å²) in [4.78, 5) is 19.6. The normalized spacial score (nSPS) is 17.3. The number of nitrogens with zero attached hydrogens (tertiary/aromatic N) is 2. The van der Waals surface area contributed by atoms with Crippen LogP contribution < -0.4 is 4.90 Å². The Kier molecular flexibility index (Phi) is 6.56. The molecule has 4 aromatic rings. The molecule has 0 bridgehead atoms. The largest absolute Gasteiger partial charge is 0.370 e. The Labute approximate surface area is 220 Å². The summed E-state index contributed by atoms with van der Waals surface area (Å²) in [6.07, 6.45) is 3.79. The lowest BCUT2D eigenvalue weighted by Gasteiger charge is -2.31. The van der Waals surface area contributed by atoms with Crippen LogP contribution in [0.5, 0.6) is 0 Å². The molecule has 4 aromatic carbocycles. The van der Waals surface area contributed by atoms with Gasteiger partial charge in [-0.3, -0.25) is 4.79 Å². The third-order valence-electron chi connectivity index (χ3n) is 8.38. The van der Waals surface area contributed by atoms with Gasteiger partial charge >= 0.3 is 0 Å². The van der Waals surface area contributed by atoms with Crippen molar-refractivity contribution in [2.24, 2.45) is 0 Å². The number of ketones is 1. The Hall–Kier alpha value is -3.43. The van der Waals surface area contributed by atoms with Crippen molar-refractivity contribution in [3.63, 3.8) is 0 Å². The van der Waals surface area contributed by atoms with E-state index in [1.54, 1.807) is 0 Å². The van der Waals surface area contributed by atoms with Gasteiger partial charge in [-0.25, -0.2) is 0 Å². The molecule has 1 aliphatic carbocycles. The van der Waals surface area contributed by atoms with Crippen LogP contribution in [0.3, 0.4) is 0 Å². The predicted molar refractivity (Wildman–Crippen MR) is 154 cm³/mol. The van der Waals surface area contributed by atoms with Gasteiger partial charge in [0.25, 0.3) is 0 Å². The summed E-state index contributed by atoms with van der Waals surface area (Å²) in [6.45, 7) is 7.80. The molecule has 37 heavy (non-hydrogen) atoms. The predicted octanol–water partition coefficient (Wildman–Crippen LogP) is 6.68. The number of rotatable bonds is 7. The van der Waals surface area contributed by atoms with Crippen molar-refractivity contribution >= 4 is 22.2 Å². The van der Waals surface area contributed by atoms with E-state index in [1.807, 2.05) is 0 Å². The van der Waals surface area contributed by atoms with Crippen LogP contribution >= 0.6 is 0 Å². The van der Waals surface area contributed by atoms with Crippen LogP contribution in [0.15, 0.2) is 91.0 Å². The molecule has 2 aliphatic rings. The van der Waals surface area contributed by atoms with Gasteiger partial charge in [0.1, 0.15) is 0 Å². The Morgan fingerprint density at radius 3 is 2.11 bits per heavy atom. The minimum absolute atomic E-state index is 0.267. The van der Waals surface area contributed by atoms with Crippen molar-refractivity contribution in [3.05, 3.63) is 113 Å². The van der Waals surface area contributed by atoms with Gasteiger partial charge in [-0.05, 0) is 66.9 Å². The van der Waals surface area contributed by atoms with Gasteiger partial charge in [-0.15, -0.1) is 0 Å². The van der Waals surface area contributed by atoms with Crippen molar-refractivity contribution in [2.75, 3.05) is 37.6 Å². The number of hydrogen-bond acceptors (Lipinski definition) is 3. The molecule has 1 aliphatic heterocycles. The van der Waals surface area contributed by atoms with E-state index in [-0.39, 0.29) is 5.78 Å². The highest BCUT2D eigenvalue weighted by Gasteiger charge is 2.47. The summed E-state index contributed by atoms with van der Waals surface area (Å²) in [5.41, 5.74) is 5.19. The lowest BCUT2D eigenvalue weighted by molar-refractivity contribution is 0.0892. The maximum atomic E-state index is 14.4. The van der Waals surface area contributed by atoms with E-state index >= 15 is 0 Å². The van der Waals surface area contributed by atoms with Crippen LogP contribution in [0.25, 0.3) is 10.8 Å². The molecule has 188 valence electrons. The van der Waals surface area contributed by atoms with E-state index in [2.05, 4.69) is 108 Å². The fraction of sp³-hybridized carbons (Fsp3) is 0.324. The van der Waals surface area contributed by atoms with Gasteiger partial charge in [0.05, 0.1) is 5.41 Å². The van der Waals surface area contributed by atoms with Gasteiger partial charge in [-0.1, -0.05) is 91.9 Å². The third-order valence-corrected chi connectivity index (χ3v) is 8.38. The van der Waals surface area contributed by atoms with Crippen LogP contribution in [0.4, 0.5) is 5.69 Å². The maximum absolute atomic E-state index is 14.4. The van der Waals surface area contributed by atoms with E-state index in [1.165, 1.54) is 59.1 Å². The molecule has 1 fully saturated rings. The molecule has 0 radical (unpaired) electrons. The maximum Gasteiger partial charge on any atom is 0.174 e. The first kappa shape index (κ1) is 23.9. The summed E-state index contributed by atoms with van der Waals surface area (Å²) >= 11 is 0. The first-order chi connectivity index (χ1) is 18.2. The molecular weight excluding hydrogens is 452 g/mol. The minimum Gasteiger partial charge on any atom is -0.370 e. The fourth-order valence-corrected chi connectivity index (χ4v) is 6.69. The van der Waals surface area contributed by atoms with Crippen LogP contribution in [0.1, 0.15) is 46.8 Å². The lowest BCUT2D eigenvalue weighted by Crippen LogP contribution is -2.37. The Morgan fingerprint density at radius 2 is 1.43 bits per heavy atom. The fourth-order valence-electron chi connectivity index (χ4n) is 6.69. The van der Waals surface area contributed by atoms with E-state index in [4.69, 9.17) is 0 Å². The van der Waals surface area contributed by atoms with Crippen LogP contribution in [-0.4, -0.2) is 43.4 Å². The van der Waals surface area contributed by atoms with E-state index in [0.717, 1.165) is 25.2 Å². The number of anilines is 1. The Morgan fingerprint density at radius 1 is 0.730 bits per heavy atom. The van der Waals surface area contributed by atoms with Crippen molar-refractivity contribution in [3.8, 4) is 0 Å². The van der Waals surface area contributed by atoms with Crippen molar-refractivity contribution in [2.45, 2.75) is 38.0 Å². The monoisotopic (exact) mass is 488 g/mol. The zero-order chi connectivity index (χ0) is 25.2. The van der Waals surface area contributed by atoms with Gasteiger partial charge in [0, 0.05) is 36.3 Å². The number of Topliss-reactive ketones (excluding diaryl/α,β-unsaturated/α-hetero) is 1. The highest BCUT2D eigenvalue weighted by Crippen LogP contribution is 2.48. The molecular formula is C34H36N2O. The average Bonchev–Trinajstić information content (AvgIpc) is 3.06. The second kappa shape index (κ2) is 10.1. The quantitative estimate of drug-likeness (QED) is 0.290. The zero-order valence-corrected chi connectivity index (χ0v) is 21.8. The molecule has 0 aromatic heterocycles. The van der Waals surface area contributed by atoms with Crippen molar-refractivity contribution < 1.29 is 4.79 Å². The van der Waals surface area contributed by atoms with Crippen molar-refractivity contribution in [1.29, 1.82) is 0 Å². The molecule has 0 unspecified atom stereocenters. The summed E-state index contributed by atoms with van der Waals surface area (Å²) in [5.74, 6) is 0.267. The van der Waals surface area contributed by atoms with Gasteiger partial charge < -0.3 is 9.80 Å². The van der Waals surface area contributed by atoms with Crippen LogP contribution in [-0.2, 0) is 18.3 Å². The number of benzene rings is 4. The lowest BCUT2D eigenvalue weighted by atomic mass is 9.71. The first-order valence-corrected chi connectivity index (χ1v) is 13.9. The molecule has 1 saturated heterocycles. The molecule has 3 heteroatoms. The number of carbonyl (C=O) groups is 1. The second-order valence-corrected chi connectivity index (χ2v) is 10.8. The molecule has 3 nitrogen and oxygen atoms in total. The number of carbonyl (C=O) groups excluding carboxylic acids is 1. The summed E-state index contributed by atoms with van der Waals surface area (Å²) in [6, 6.07) is 32.0. The second-order valence-electron chi connectivity index (χ2n) is 10.8. The highest BCUT2D eigenvalue weighted by atomic mass is 16.1. The summed E-state index contributed by atoms with van der Waals surface area (Å²) in [7, 11) is 0. The molecule has 0 atom stereocenters. The first-order valence-electron chi connectivity index (χ1n) is 13.9. The highest BCUT2D eigenvalue weighted by molar-refractivity contribution is 6.22. The molecule has 0 N–H and O–H groups in total. The molecule has 1 heterocycles. The van der Waals surface area contributed by atoms with E-state index in [0.29, 0.717) is 12.8 Å². The SMILES string of the molecule is CCCN1CCCN(c2ccc3c4c(cccc24)C(=O)C3(Cc2ccccc2)Cc2ccccc2)CC1. The van der Waals surface area contributed by atoms with Gasteiger partial charge in [0.15, 0.2) is 5.78 Å². The summed E-state index contributed by atoms with van der Waals surface area (Å²) in [5, 5.41) is 2.40. The average molecular weight is 489 g/mol. The van der Waals surface area contributed by atoms with Crippen LogP contribution in [0, 0.1) is 0 Å². The molecule has 0 spiro atoms. The summed E-state index contributed by atoms with van der Waals surface area (Å²) < 4.78 is 0. The van der Waals surface area contributed by atoms with E-state index < -0.39 is 5.41 Å². The van der Waals surface area contributed by atoms with Gasteiger partial charge in [0.2, 0.25) is 0 Å². The Balaban J connectivity index is 1.46.